The van der Waals surface area contributed by atoms with Crippen LogP contribution in [0.5, 0.6) is 5.88 Å². The van der Waals surface area contributed by atoms with Gasteiger partial charge in [-0.05, 0) is 37.1 Å². The van der Waals surface area contributed by atoms with Crippen LogP contribution in [-0.4, -0.2) is 23.2 Å². The van der Waals surface area contributed by atoms with Crippen molar-refractivity contribution in [2.75, 3.05) is 13.7 Å². The molecule has 4 nitrogen and oxygen atoms in total. The average molecular weight is 287 g/mol. The van der Waals surface area contributed by atoms with Crippen molar-refractivity contribution in [1.29, 1.82) is 0 Å². The number of nitrogens with zero attached hydrogens (tertiary/aromatic N) is 2. The number of nitrogens with one attached hydrogen (secondary N) is 1. The summed E-state index contributed by atoms with van der Waals surface area (Å²) in [4.78, 5) is 4.45. The molecule has 1 atom stereocenters. The van der Waals surface area contributed by atoms with E-state index in [9.17, 15) is 0 Å². The maximum atomic E-state index is 5.17. The summed E-state index contributed by atoms with van der Waals surface area (Å²) in [5.41, 5.74) is 2.35. The number of aromatic nitrogens is 2. The molecule has 0 aliphatic carbocycles. The minimum absolute atomic E-state index is 0.435. The third-order valence-electron chi connectivity index (χ3n) is 3.56. The van der Waals surface area contributed by atoms with Gasteiger partial charge < -0.3 is 14.6 Å². The van der Waals surface area contributed by atoms with Crippen molar-refractivity contribution < 1.29 is 4.74 Å². The van der Waals surface area contributed by atoms with Crippen LogP contribution in [0.3, 0.4) is 0 Å². The Morgan fingerprint density at radius 2 is 2.14 bits per heavy atom. The molecule has 0 spiro atoms. The fraction of sp³-hybridized carbons (Fsp3) is 0.471. The van der Waals surface area contributed by atoms with E-state index in [1.54, 1.807) is 7.11 Å². The van der Waals surface area contributed by atoms with Crippen LogP contribution in [0.2, 0.25) is 0 Å². The second-order valence-corrected chi connectivity index (χ2v) is 5.20. The fourth-order valence-electron chi connectivity index (χ4n) is 2.43. The quantitative estimate of drug-likeness (QED) is 0.809. The van der Waals surface area contributed by atoms with E-state index >= 15 is 0 Å². The van der Waals surface area contributed by atoms with Gasteiger partial charge in [-0.25, -0.2) is 4.98 Å². The first-order chi connectivity index (χ1) is 10.3. The van der Waals surface area contributed by atoms with Crippen molar-refractivity contribution in [1.82, 2.24) is 14.9 Å². The summed E-state index contributed by atoms with van der Waals surface area (Å²) in [6.07, 6.45) is 6.58. The highest BCUT2D eigenvalue weighted by molar-refractivity contribution is 5.19. The van der Waals surface area contributed by atoms with Gasteiger partial charge in [0.2, 0.25) is 5.88 Å². The molecule has 114 valence electrons. The van der Waals surface area contributed by atoms with Crippen LogP contribution < -0.4 is 10.1 Å². The van der Waals surface area contributed by atoms with Crippen LogP contribution in [0.15, 0.2) is 36.7 Å². The van der Waals surface area contributed by atoms with Crippen molar-refractivity contribution in [3.63, 3.8) is 0 Å². The zero-order chi connectivity index (χ0) is 15.1. The van der Waals surface area contributed by atoms with Crippen molar-refractivity contribution in [3.8, 4) is 5.88 Å². The van der Waals surface area contributed by atoms with Gasteiger partial charge in [0.1, 0.15) is 0 Å². The lowest BCUT2D eigenvalue weighted by atomic mass is 10.1. The van der Waals surface area contributed by atoms with Crippen LogP contribution in [0, 0.1) is 0 Å². The monoisotopic (exact) mass is 287 g/mol. The Hall–Kier alpha value is -1.81. The highest BCUT2D eigenvalue weighted by Crippen LogP contribution is 2.18. The Morgan fingerprint density at radius 1 is 1.29 bits per heavy atom. The summed E-state index contributed by atoms with van der Waals surface area (Å²) >= 11 is 0. The molecule has 0 radical (unpaired) electrons. The molecule has 0 bridgehead atoms. The van der Waals surface area contributed by atoms with Crippen molar-refractivity contribution in [3.05, 3.63) is 47.9 Å². The minimum atomic E-state index is 0.435. The lowest BCUT2D eigenvalue weighted by molar-refractivity contribution is 0.396. The summed E-state index contributed by atoms with van der Waals surface area (Å²) in [5.74, 6) is 0.663. The van der Waals surface area contributed by atoms with E-state index in [2.05, 4.69) is 47.2 Å². The molecular weight excluding hydrogens is 262 g/mol. The Bertz CT molecular complexity index is 550. The second kappa shape index (κ2) is 7.84. The number of methoxy groups -OCH3 is 1. The zero-order valence-corrected chi connectivity index (χ0v) is 13.2. The van der Waals surface area contributed by atoms with Crippen LogP contribution >= 0.6 is 0 Å². The maximum Gasteiger partial charge on any atom is 0.213 e. The molecule has 0 aromatic carbocycles. The summed E-state index contributed by atoms with van der Waals surface area (Å²) in [6.45, 7) is 6.23. The molecule has 2 aromatic heterocycles. The summed E-state index contributed by atoms with van der Waals surface area (Å²) in [7, 11) is 1.64. The lowest BCUT2D eigenvalue weighted by Crippen LogP contribution is -2.21. The van der Waals surface area contributed by atoms with E-state index in [1.807, 2.05) is 18.2 Å². The first-order valence-electron chi connectivity index (χ1n) is 7.65. The first kappa shape index (κ1) is 15.6. The van der Waals surface area contributed by atoms with Crippen molar-refractivity contribution in [2.45, 2.75) is 39.3 Å². The molecule has 0 aliphatic rings. The zero-order valence-electron chi connectivity index (χ0n) is 13.2. The molecule has 0 saturated heterocycles. The number of hydrogen-bond donors (Lipinski definition) is 1. The van der Waals surface area contributed by atoms with Crippen LogP contribution in [0.1, 0.15) is 44.0 Å². The molecule has 1 N–H and O–H groups in total. The molecule has 0 saturated carbocycles. The average Bonchev–Trinajstić information content (AvgIpc) is 2.96. The number of ether oxygens (including phenoxy) is 1. The number of hydrogen-bond acceptors (Lipinski definition) is 3. The molecule has 2 aromatic rings. The predicted octanol–water partition coefficient (Wildman–Crippen LogP) is 3.39. The predicted molar refractivity (Wildman–Crippen MR) is 85.6 cm³/mol. The van der Waals surface area contributed by atoms with Gasteiger partial charge in [-0.3, -0.25) is 0 Å². The third-order valence-corrected chi connectivity index (χ3v) is 3.56. The molecule has 2 heterocycles. The van der Waals surface area contributed by atoms with Gasteiger partial charge in [0, 0.05) is 24.5 Å². The molecule has 0 fully saturated rings. The smallest absolute Gasteiger partial charge is 0.213 e. The normalized spacial score (nSPS) is 12.3. The molecule has 0 aliphatic heterocycles. The van der Waals surface area contributed by atoms with E-state index in [1.165, 1.54) is 5.56 Å². The molecule has 4 heteroatoms. The van der Waals surface area contributed by atoms with Crippen LogP contribution in [0.25, 0.3) is 0 Å². The van der Waals surface area contributed by atoms with Gasteiger partial charge in [-0.1, -0.05) is 19.9 Å². The van der Waals surface area contributed by atoms with Gasteiger partial charge in [0.05, 0.1) is 19.3 Å². The number of pyridine rings is 1. The topological polar surface area (TPSA) is 39.1 Å². The molecule has 0 amide bonds. The van der Waals surface area contributed by atoms with Crippen molar-refractivity contribution >= 4 is 0 Å². The van der Waals surface area contributed by atoms with Crippen LogP contribution in [0.4, 0.5) is 0 Å². The van der Waals surface area contributed by atoms with E-state index < -0.39 is 0 Å². The van der Waals surface area contributed by atoms with Crippen LogP contribution in [-0.2, 0) is 6.54 Å². The fourth-order valence-corrected chi connectivity index (χ4v) is 2.43. The van der Waals surface area contributed by atoms with E-state index in [0.29, 0.717) is 11.9 Å². The number of rotatable bonds is 8. The largest absolute Gasteiger partial charge is 0.481 e. The maximum absolute atomic E-state index is 5.17. The van der Waals surface area contributed by atoms with E-state index in [4.69, 9.17) is 4.74 Å². The van der Waals surface area contributed by atoms with Gasteiger partial charge in [-0.15, -0.1) is 0 Å². The Balaban J connectivity index is 2.04. The Kier molecular flexibility index (Phi) is 5.81. The standard InChI is InChI=1S/C17H25N3O/c1-4-10-18-16(5-2)14-9-11-20(12-14)13-15-7-6-8-17(19-15)21-3/h6-9,11-12,16,18H,4-5,10,13H2,1-3H3. The third kappa shape index (κ3) is 4.33. The first-order valence-corrected chi connectivity index (χ1v) is 7.65. The van der Waals surface area contributed by atoms with Gasteiger partial charge in [0.25, 0.3) is 0 Å². The highest BCUT2D eigenvalue weighted by atomic mass is 16.5. The second-order valence-electron chi connectivity index (χ2n) is 5.20. The summed E-state index contributed by atoms with van der Waals surface area (Å²) in [6, 6.07) is 8.49. The summed E-state index contributed by atoms with van der Waals surface area (Å²) < 4.78 is 7.34. The van der Waals surface area contributed by atoms with Gasteiger partial charge >= 0.3 is 0 Å². The Labute approximate surface area is 127 Å². The summed E-state index contributed by atoms with van der Waals surface area (Å²) in [5, 5.41) is 3.58. The van der Waals surface area contributed by atoms with Crippen molar-refractivity contribution in [2.24, 2.45) is 0 Å². The van der Waals surface area contributed by atoms with E-state index in [-0.39, 0.29) is 0 Å². The lowest BCUT2D eigenvalue weighted by Gasteiger charge is -2.15. The highest BCUT2D eigenvalue weighted by Gasteiger charge is 2.09. The molecule has 1 unspecified atom stereocenters. The van der Waals surface area contributed by atoms with Gasteiger partial charge in [0.15, 0.2) is 0 Å². The minimum Gasteiger partial charge on any atom is -0.481 e. The molecule has 21 heavy (non-hydrogen) atoms. The van der Waals surface area contributed by atoms with E-state index in [0.717, 1.165) is 31.6 Å². The van der Waals surface area contributed by atoms with Gasteiger partial charge in [-0.2, -0.15) is 0 Å². The molecule has 2 rings (SSSR count). The Morgan fingerprint density at radius 3 is 2.86 bits per heavy atom. The molecular formula is C17H25N3O. The SMILES string of the molecule is CCCNC(CC)c1ccn(Cc2cccc(OC)n2)c1.